The Kier molecular flexibility index (Phi) is 14.7. The summed E-state index contributed by atoms with van der Waals surface area (Å²) in [6.45, 7) is 16.9. The molecule has 0 saturated heterocycles. The van der Waals surface area contributed by atoms with Crippen molar-refractivity contribution in [2.75, 3.05) is 13.2 Å². The number of amides is 2. The Hall–Kier alpha value is -4.58. The van der Waals surface area contributed by atoms with Crippen LogP contribution in [0.3, 0.4) is 0 Å². The number of hydrogen-bond acceptors (Lipinski definition) is 9. The zero-order chi connectivity index (χ0) is 45.1. The molecule has 2 aromatic carbocycles. The van der Waals surface area contributed by atoms with Crippen LogP contribution in [0.5, 0.6) is 23.0 Å². The fraction of sp³-hybridized carbons (Fsp3) is 0.569. The minimum atomic E-state index is -0.932. The van der Waals surface area contributed by atoms with Gasteiger partial charge in [-0.15, -0.1) is 0 Å². The summed E-state index contributed by atoms with van der Waals surface area (Å²) in [4.78, 5) is 31.0. The third-order valence-corrected chi connectivity index (χ3v) is 13.6. The molecule has 338 valence electrons. The first-order chi connectivity index (χ1) is 29.3. The van der Waals surface area contributed by atoms with Gasteiger partial charge in [-0.05, 0) is 132 Å². The average molecular weight is 855 g/mol. The van der Waals surface area contributed by atoms with Crippen molar-refractivity contribution in [2.45, 2.75) is 175 Å². The Labute approximate surface area is 368 Å². The number of phenols is 2. The van der Waals surface area contributed by atoms with Crippen LogP contribution >= 0.6 is 0 Å². The number of ether oxygens (including phenoxy) is 2. The fourth-order valence-electron chi connectivity index (χ4n) is 9.42. The first kappa shape index (κ1) is 46.9. The molecule has 5 atom stereocenters. The largest absolute Gasteiger partial charge is 0.508 e. The Morgan fingerprint density at radius 2 is 1.18 bits per heavy atom. The Bertz CT molecular complexity index is 2140. The minimum Gasteiger partial charge on any atom is -0.508 e. The van der Waals surface area contributed by atoms with Gasteiger partial charge in [-0.1, -0.05) is 46.6 Å². The highest BCUT2D eigenvalue weighted by molar-refractivity contribution is 6.01. The molecule has 4 heterocycles. The fourth-order valence-corrected chi connectivity index (χ4v) is 9.42. The first-order valence-electron chi connectivity index (χ1n) is 22.6. The molecule has 0 unspecified atom stereocenters. The monoisotopic (exact) mass is 855 g/mol. The van der Waals surface area contributed by atoms with Crippen molar-refractivity contribution in [1.82, 2.24) is 9.80 Å². The lowest BCUT2D eigenvalue weighted by Crippen LogP contribution is -2.49. The molecule has 5 N–H and O–H groups in total. The van der Waals surface area contributed by atoms with Crippen LogP contribution in [0.15, 0.2) is 58.7 Å². The smallest absolute Gasteiger partial charge is 0.255 e. The Morgan fingerprint density at radius 1 is 0.710 bits per heavy atom. The molecule has 0 aromatic heterocycles. The molecular formula is C51H70N2O9. The highest BCUT2D eigenvalue weighted by atomic mass is 16.5. The number of nitrogens with zero attached hydrogens (tertiary/aromatic N) is 2. The van der Waals surface area contributed by atoms with Crippen LogP contribution in [0.2, 0.25) is 0 Å². The number of phenolic OH excluding ortho intramolecular Hbond substituents is 2. The molecule has 0 fully saturated rings. The first-order valence-corrected chi connectivity index (χ1v) is 22.6. The lowest BCUT2D eigenvalue weighted by molar-refractivity contribution is -0.0600. The summed E-state index contributed by atoms with van der Waals surface area (Å²) >= 11 is 0. The van der Waals surface area contributed by atoms with Crippen LogP contribution in [0.1, 0.15) is 163 Å². The number of carbonyl (C=O) groups excluding carboxylic acids is 2. The van der Waals surface area contributed by atoms with Gasteiger partial charge < -0.3 is 44.8 Å². The third kappa shape index (κ3) is 10.1. The van der Waals surface area contributed by atoms with E-state index >= 15 is 0 Å². The van der Waals surface area contributed by atoms with Gasteiger partial charge in [-0.25, -0.2) is 0 Å². The highest BCUT2D eigenvalue weighted by Crippen LogP contribution is 2.48. The van der Waals surface area contributed by atoms with Gasteiger partial charge in [0, 0.05) is 41.6 Å². The summed E-state index contributed by atoms with van der Waals surface area (Å²) in [5.74, 6) is 0.204. The molecule has 0 saturated carbocycles. The van der Waals surface area contributed by atoms with Crippen molar-refractivity contribution < 1.29 is 44.6 Å². The maximum atomic E-state index is 13.9. The molecule has 2 amide bonds. The summed E-state index contributed by atoms with van der Waals surface area (Å²) < 4.78 is 13.2. The van der Waals surface area contributed by atoms with E-state index in [1.165, 1.54) is 34.4 Å². The van der Waals surface area contributed by atoms with Gasteiger partial charge in [0.25, 0.3) is 11.8 Å². The van der Waals surface area contributed by atoms with E-state index in [4.69, 9.17) is 9.47 Å². The Morgan fingerprint density at radius 3 is 1.65 bits per heavy atom. The van der Waals surface area contributed by atoms with E-state index in [0.29, 0.717) is 83.5 Å². The maximum absolute atomic E-state index is 13.9. The minimum absolute atomic E-state index is 0.0674. The number of benzene rings is 2. The van der Waals surface area contributed by atoms with E-state index in [1.807, 2.05) is 13.8 Å². The van der Waals surface area contributed by atoms with Crippen LogP contribution < -0.4 is 9.47 Å². The number of aliphatic hydroxyl groups is 3. The number of allylic oxidation sites excluding steroid dienone is 8. The second-order valence-corrected chi connectivity index (χ2v) is 19.2. The molecule has 0 bridgehead atoms. The van der Waals surface area contributed by atoms with E-state index in [-0.39, 0.29) is 55.9 Å². The second-order valence-electron chi connectivity index (χ2n) is 19.2. The Balaban J connectivity index is 1.09. The van der Waals surface area contributed by atoms with Crippen molar-refractivity contribution in [3.8, 4) is 23.0 Å². The van der Waals surface area contributed by atoms with Crippen LogP contribution in [0.4, 0.5) is 0 Å². The third-order valence-electron chi connectivity index (χ3n) is 13.6. The lowest BCUT2D eigenvalue weighted by atomic mass is 9.84. The van der Waals surface area contributed by atoms with Gasteiger partial charge in [-0.3, -0.25) is 9.59 Å². The maximum Gasteiger partial charge on any atom is 0.255 e. The van der Waals surface area contributed by atoms with Crippen molar-refractivity contribution in [1.29, 1.82) is 0 Å². The summed E-state index contributed by atoms with van der Waals surface area (Å²) in [5, 5.41) is 55.2. The average Bonchev–Trinajstić information content (AvgIpc) is 3.69. The quantitative estimate of drug-likeness (QED) is 0.0923. The summed E-state index contributed by atoms with van der Waals surface area (Å²) in [7, 11) is 0. The van der Waals surface area contributed by atoms with Crippen LogP contribution in [0, 0.1) is 0 Å². The van der Waals surface area contributed by atoms with E-state index in [1.54, 1.807) is 9.80 Å². The number of hydrogen-bond donors (Lipinski definition) is 5. The van der Waals surface area contributed by atoms with Crippen LogP contribution in [-0.2, 0) is 25.9 Å². The summed E-state index contributed by atoms with van der Waals surface area (Å²) in [6.07, 6.45) is 14.9. The van der Waals surface area contributed by atoms with E-state index in [9.17, 15) is 35.1 Å². The van der Waals surface area contributed by atoms with Crippen molar-refractivity contribution >= 4 is 11.8 Å². The van der Waals surface area contributed by atoms with Crippen molar-refractivity contribution in [2.24, 2.45) is 0 Å². The van der Waals surface area contributed by atoms with Gasteiger partial charge in [0.15, 0.2) is 0 Å². The molecule has 2 aromatic rings. The predicted molar refractivity (Wildman–Crippen MR) is 242 cm³/mol. The van der Waals surface area contributed by atoms with Gasteiger partial charge in [0.2, 0.25) is 0 Å². The molecule has 6 rings (SSSR count). The van der Waals surface area contributed by atoms with E-state index < -0.39 is 29.5 Å². The number of fused-ring (bicyclic) bond motifs is 6. The molecule has 11 nitrogen and oxygen atoms in total. The number of aromatic hydroxyl groups is 2. The molecule has 0 radical (unpaired) electrons. The molecule has 0 aliphatic carbocycles. The molecule has 62 heavy (non-hydrogen) atoms. The molecule has 4 aliphatic rings. The zero-order valence-corrected chi connectivity index (χ0v) is 38.3. The summed E-state index contributed by atoms with van der Waals surface area (Å²) in [5.41, 5.74) is 6.35. The predicted octanol–water partition coefficient (Wildman–Crippen LogP) is 8.91. The standard InChI is InChI=1S/C51H70N2O9/c1-31(2)14-9-16-33(5)18-11-21-50(7)44(57)26-38-42(55)24-36-40(46(38)61-50)28-52(48(36)59)23-13-20-35(30-54)53-29-41-37(49(53)60)25-43(56)39-27-45(58)51(8,62-47(39)41)22-12-19-34(6)17-10-15-32(3)4/h14-15,18-19,24-25,35,44-45,54-58H,9-13,16-17,20-23,26-30H2,1-8H3/b33-18+,34-19+/t35-,44-,45-,50+,51+/m0/s1. The van der Waals surface area contributed by atoms with Crippen molar-refractivity contribution in [3.05, 3.63) is 92.1 Å². The van der Waals surface area contributed by atoms with E-state index in [0.717, 1.165) is 32.1 Å². The molecular weight excluding hydrogens is 785 g/mol. The highest BCUT2D eigenvalue weighted by Gasteiger charge is 2.46. The molecule has 0 spiro atoms. The number of carbonyl (C=O) groups is 2. The number of rotatable bonds is 18. The molecule has 11 heteroatoms. The van der Waals surface area contributed by atoms with Crippen molar-refractivity contribution in [3.63, 3.8) is 0 Å². The molecule has 4 aliphatic heterocycles. The second kappa shape index (κ2) is 19.4. The zero-order valence-electron chi connectivity index (χ0n) is 38.3. The van der Waals surface area contributed by atoms with E-state index in [2.05, 4.69) is 65.8 Å². The summed E-state index contributed by atoms with van der Waals surface area (Å²) in [6, 6.07) is 2.38. The normalized spacial score (nSPS) is 23.6. The van der Waals surface area contributed by atoms with Gasteiger partial charge in [0.1, 0.15) is 34.2 Å². The number of aliphatic hydroxyl groups excluding tert-OH is 3. The van der Waals surface area contributed by atoms with Crippen LogP contribution in [-0.4, -0.2) is 89.8 Å². The van der Waals surface area contributed by atoms with Gasteiger partial charge >= 0.3 is 0 Å². The van der Waals surface area contributed by atoms with Gasteiger partial charge in [0.05, 0.1) is 49.1 Å². The lowest BCUT2D eigenvalue weighted by Gasteiger charge is -2.41. The van der Waals surface area contributed by atoms with Crippen LogP contribution in [0.25, 0.3) is 0 Å². The SMILES string of the molecule is CC(C)=CCC/C(C)=C/CC[C@@]1(C)Oc2c(c(O)cc3c2CN(CCC[C@@H](CO)N2Cc4c(cc(O)c5c4O[C@](C)(CC/C=C(\C)CCC=C(C)C)[C@@H](O)C5)C2=O)C3=O)C[C@@H]1O. The van der Waals surface area contributed by atoms with Gasteiger partial charge in [-0.2, -0.15) is 0 Å². The topological polar surface area (TPSA) is 160 Å².